The third-order valence-corrected chi connectivity index (χ3v) is 5.40. The highest BCUT2D eigenvalue weighted by molar-refractivity contribution is 14.1. The number of nitrogens with zero attached hydrogens (tertiary/aromatic N) is 2. The Morgan fingerprint density at radius 3 is 2.45 bits per heavy atom. The zero-order chi connectivity index (χ0) is 14.1. The van der Waals surface area contributed by atoms with Gasteiger partial charge in [-0.3, -0.25) is 0 Å². The lowest BCUT2D eigenvalue weighted by Crippen LogP contribution is -2.01. The monoisotopic (exact) mass is 457 g/mol. The Hall–Kier alpha value is -0.990. The summed E-state index contributed by atoms with van der Waals surface area (Å²) in [4.78, 5) is 10.1. The highest BCUT2D eigenvalue weighted by atomic mass is 127. The first-order valence-electron chi connectivity index (χ1n) is 5.79. The third-order valence-electron chi connectivity index (χ3n) is 2.72. The van der Waals surface area contributed by atoms with Gasteiger partial charge in [0.1, 0.15) is 5.82 Å². The highest BCUT2D eigenvalue weighted by Crippen LogP contribution is 2.33. The molecule has 2 aromatic heterocycles. The van der Waals surface area contributed by atoms with Gasteiger partial charge in [-0.05, 0) is 50.7 Å². The fourth-order valence-corrected chi connectivity index (χ4v) is 3.67. The number of hydrogen-bond donors (Lipinski definition) is 1. The molecule has 0 atom stereocenters. The van der Waals surface area contributed by atoms with Gasteiger partial charge in [0.05, 0.1) is 17.9 Å². The molecule has 0 unspecified atom stereocenters. The summed E-state index contributed by atoms with van der Waals surface area (Å²) in [5.41, 5.74) is 7.95. The minimum atomic E-state index is 0.513. The molecular formula is C14H9BrIN3S. The van der Waals surface area contributed by atoms with Crippen LogP contribution in [0.3, 0.4) is 0 Å². The summed E-state index contributed by atoms with van der Waals surface area (Å²) in [6.45, 7) is 0. The molecule has 0 saturated heterocycles. The van der Waals surface area contributed by atoms with Gasteiger partial charge < -0.3 is 5.73 Å². The second-order valence-corrected chi connectivity index (χ2v) is 7.61. The van der Waals surface area contributed by atoms with Crippen molar-refractivity contribution in [3.8, 4) is 22.0 Å². The lowest BCUT2D eigenvalue weighted by Gasteiger charge is -2.08. The lowest BCUT2D eigenvalue weighted by atomic mass is 10.1. The Morgan fingerprint density at radius 1 is 1.05 bits per heavy atom. The van der Waals surface area contributed by atoms with Crippen molar-refractivity contribution in [2.24, 2.45) is 0 Å². The summed E-state index contributed by atoms with van der Waals surface area (Å²) < 4.78 is 1.93. The summed E-state index contributed by atoms with van der Waals surface area (Å²) in [5, 5.41) is 0. The molecule has 0 saturated carbocycles. The molecule has 0 aliphatic rings. The fourth-order valence-electron chi connectivity index (χ4n) is 1.80. The zero-order valence-corrected chi connectivity index (χ0v) is 14.7. The Labute approximate surface area is 142 Å². The SMILES string of the molecule is Nc1nc(-c2ccc(Br)s2)nc(-c2ccccc2)c1I. The van der Waals surface area contributed by atoms with Crippen LogP contribution in [0.1, 0.15) is 0 Å². The molecule has 0 aliphatic carbocycles. The first kappa shape index (κ1) is 14.0. The van der Waals surface area contributed by atoms with Gasteiger partial charge in [-0.1, -0.05) is 30.3 Å². The molecule has 0 fully saturated rings. The molecule has 1 aromatic carbocycles. The predicted octanol–water partition coefficient (Wildman–Crippen LogP) is 4.82. The van der Waals surface area contributed by atoms with Crippen LogP contribution in [0.2, 0.25) is 0 Å². The van der Waals surface area contributed by atoms with E-state index in [1.807, 2.05) is 42.5 Å². The van der Waals surface area contributed by atoms with E-state index in [1.165, 1.54) is 0 Å². The van der Waals surface area contributed by atoms with E-state index in [-0.39, 0.29) is 0 Å². The Morgan fingerprint density at radius 2 is 1.80 bits per heavy atom. The second-order valence-electron chi connectivity index (χ2n) is 4.06. The van der Waals surface area contributed by atoms with E-state index in [0.717, 1.165) is 23.5 Å². The number of benzene rings is 1. The minimum Gasteiger partial charge on any atom is -0.383 e. The molecule has 2 N–H and O–H groups in total. The van der Waals surface area contributed by atoms with E-state index in [2.05, 4.69) is 48.5 Å². The first-order valence-corrected chi connectivity index (χ1v) is 8.48. The maximum absolute atomic E-state index is 6.04. The molecular weight excluding hydrogens is 449 g/mol. The number of anilines is 1. The van der Waals surface area contributed by atoms with Gasteiger partial charge in [0, 0.05) is 5.56 Å². The standard InChI is InChI=1S/C14H9BrIN3S/c15-10-7-6-9(20-10)14-18-12(11(16)13(17)19-14)8-4-2-1-3-5-8/h1-7H,(H2,17,18,19). The van der Waals surface area contributed by atoms with E-state index >= 15 is 0 Å². The normalized spacial score (nSPS) is 10.7. The number of thiophene rings is 1. The van der Waals surface area contributed by atoms with E-state index in [9.17, 15) is 0 Å². The molecule has 100 valence electrons. The van der Waals surface area contributed by atoms with Crippen molar-refractivity contribution < 1.29 is 0 Å². The molecule has 0 radical (unpaired) electrons. The van der Waals surface area contributed by atoms with E-state index < -0.39 is 0 Å². The Bertz CT molecular complexity index is 758. The largest absolute Gasteiger partial charge is 0.383 e. The zero-order valence-electron chi connectivity index (χ0n) is 10.2. The molecule has 3 nitrogen and oxygen atoms in total. The van der Waals surface area contributed by atoms with Gasteiger partial charge in [0.25, 0.3) is 0 Å². The molecule has 3 aromatic rings. The van der Waals surface area contributed by atoms with Gasteiger partial charge in [-0.2, -0.15) is 0 Å². The van der Waals surface area contributed by atoms with Crippen molar-refractivity contribution in [3.05, 3.63) is 49.8 Å². The number of nitrogens with two attached hydrogens (primary N) is 1. The van der Waals surface area contributed by atoms with Crippen LogP contribution < -0.4 is 5.73 Å². The van der Waals surface area contributed by atoms with E-state index in [4.69, 9.17) is 5.73 Å². The van der Waals surface area contributed by atoms with Crippen LogP contribution >= 0.6 is 49.9 Å². The van der Waals surface area contributed by atoms with Crippen LogP contribution in [0.5, 0.6) is 0 Å². The van der Waals surface area contributed by atoms with Gasteiger partial charge in [-0.15, -0.1) is 11.3 Å². The second kappa shape index (κ2) is 5.79. The summed E-state index contributed by atoms with van der Waals surface area (Å²) in [6, 6.07) is 14.0. The number of aromatic nitrogens is 2. The first-order chi connectivity index (χ1) is 9.65. The van der Waals surface area contributed by atoms with E-state index in [1.54, 1.807) is 11.3 Å². The maximum atomic E-state index is 6.04. The van der Waals surface area contributed by atoms with Gasteiger partial charge in [0.15, 0.2) is 5.82 Å². The molecule has 2 heterocycles. The molecule has 20 heavy (non-hydrogen) atoms. The van der Waals surface area contributed by atoms with Crippen molar-refractivity contribution in [3.63, 3.8) is 0 Å². The molecule has 0 aliphatic heterocycles. The number of nitrogen functional groups attached to an aromatic ring is 1. The average molecular weight is 458 g/mol. The molecule has 0 amide bonds. The lowest BCUT2D eigenvalue weighted by molar-refractivity contribution is 1.18. The quantitative estimate of drug-likeness (QED) is 0.561. The predicted molar refractivity (Wildman–Crippen MR) is 95.6 cm³/mol. The molecule has 0 bridgehead atoms. The Balaban J connectivity index is 2.18. The average Bonchev–Trinajstić information content (AvgIpc) is 2.89. The summed E-state index contributed by atoms with van der Waals surface area (Å²) >= 11 is 7.24. The van der Waals surface area contributed by atoms with Crippen LogP contribution in [-0.2, 0) is 0 Å². The number of rotatable bonds is 2. The van der Waals surface area contributed by atoms with Gasteiger partial charge in [-0.25, -0.2) is 9.97 Å². The summed E-state index contributed by atoms with van der Waals surface area (Å²) in [6.07, 6.45) is 0. The maximum Gasteiger partial charge on any atom is 0.172 e. The van der Waals surface area contributed by atoms with Crippen LogP contribution in [0.15, 0.2) is 46.3 Å². The summed E-state index contributed by atoms with van der Waals surface area (Å²) in [7, 11) is 0. The molecule has 3 rings (SSSR count). The number of hydrogen-bond acceptors (Lipinski definition) is 4. The summed E-state index contributed by atoms with van der Waals surface area (Å²) in [5.74, 6) is 1.18. The van der Waals surface area contributed by atoms with Crippen LogP contribution in [0.4, 0.5) is 5.82 Å². The van der Waals surface area contributed by atoms with Crippen molar-refractivity contribution in [2.45, 2.75) is 0 Å². The van der Waals surface area contributed by atoms with Crippen molar-refractivity contribution in [2.75, 3.05) is 5.73 Å². The van der Waals surface area contributed by atoms with Crippen LogP contribution in [0, 0.1) is 3.57 Å². The third kappa shape index (κ3) is 2.72. The number of halogens is 2. The van der Waals surface area contributed by atoms with Crippen molar-refractivity contribution in [1.82, 2.24) is 9.97 Å². The topological polar surface area (TPSA) is 51.8 Å². The van der Waals surface area contributed by atoms with Gasteiger partial charge in [0.2, 0.25) is 0 Å². The fraction of sp³-hybridized carbons (Fsp3) is 0. The van der Waals surface area contributed by atoms with E-state index in [0.29, 0.717) is 11.6 Å². The smallest absolute Gasteiger partial charge is 0.172 e. The highest BCUT2D eigenvalue weighted by Gasteiger charge is 2.14. The van der Waals surface area contributed by atoms with Crippen molar-refractivity contribution in [1.29, 1.82) is 0 Å². The van der Waals surface area contributed by atoms with Gasteiger partial charge >= 0.3 is 0 Å². The minimum absolute atomic E-state index is 0.513. The van der Waals surface area contributed by atoms with Crippen LogP contribution in [0.25, 0.3) is 22.0 Å². The molecule has 6 heteroatoms. The van der Waals surface area contributed by atoms with Crippen molar-refractivity contribution >= 4 is 55.7 Å². The van der Waals surface area contributed by atoms with Crippen LogP contribution in [-0.4, -0.2) is 9.97 Å². The molecule has 0 spiro atoms. The Kier molecular flexibility index (Phi) is 4.04.